The molecule has 0 aliphatic carbocycles. The fourth-order valence-corrected chi connectivity index (χ4v) is 2.86. The lowest BCUT2D eigenvalue weighted by molar-refractivity contribution is 0.0495. The molecule has 5 heteroatoms. The third kappa shape index (κ3) is 5.10. The Morgan fingerprint density at radius 3 is 2.36 bits per heavy atom. The largest absolute Gasteiger partial charge is 0.483 e. The predicted molar refractivity (Wildman–Crippen MR) is 108 cm³/mol. The van der Waals surface area contributed by atoms with Gasteiger partial charge in [0.1, 0.15) is 6.61 Å². The molecule has 1 aromatic heterocycles. The maximum Gasteiger partial charge on any atom is 0.338 e. The SMILES string of the molecule is Cc1c(OCc2ccccc2)c(=O)ccn1CCCOC(=O)c1ccccc1. The van der Waals surface area contributed by atoms with E-state index in [2.05, 4.69) is 0 Å². The van der Waals surface area contributed by atoms with Gasteiger partial charge in [0.15, 0.2) is 5.75 Å². The standard InChI is InChI=1S/C23H23NO4/c1-18-22(28-17-19-9-4-2-5-10-19)21(25)13-15-24(18)14-8-16-27-23(26)20-11-6-3-7-12-20/h2-7,9-13,15H,8,14,16-17H2,1H3. The molecule has 5 nitrogen and oxygen atoms in total. The van der Waals surface area contributed by atoms with Crippen molar-refractivity contribution in [3.05, 3.63) is 100.0 Å². The van der Waals surface area contributed by atoms with E-state index in [-0.39, 0.29) is 11.4 Å². The molecule has 3 rings (SSSR count). The normalized spacial score (nSPS) is 10.5. The summed E-state index contributed by atoms with van der Waals surface area (Å²) in [4.78, 5) is 24.1. The molecule has 0 fully saturated rings. The highest BCUT2D eigenvalue weighted by Crippen LogP contribution is 2.14. The molecule has 0 aliphatic rings. The van der Waals surface area contributed by atoms with Gasteiger partial charge in [0.05, 0.1) is 17.9 Å². The van der Waals surface area contributed by atoms with Crippen LogP contribution in [0.15, 0.2) is 77.7 Å². The van der Waals surface area contributed by atoms with Gasteiger partial charge in [-0.1, -0.05) is 48.5 Å². The Morgan fingerprint density at radius 1 is 0.964 bits per heavy atom. The van der Waals surface area contributed by atoms with Gasteiger partial charge in [0.25, 0.3) is 0 Å². The second-order valence-electron chi connectivity index (χ2n) is 6.42. The first-order chi connectivity index (χ1) is 13.6. The van der Waals surface area contributed by atoms with Crippen molar-refractivity contribution in [3.8, 4) is 5.75 Å². The van der Waals surface area contributed by atoms with Crippen LogP contribution in [0.1, 0.15) is 28.0 Å². The summed E-state index contributed by atoms with van der Waals surface area (Å²) in [7, 11) is 0. The van der Waals surface area contributed by atoms with Gasteiger partial charge in [-0.2, -0.15) is 0 Å². The molecular formula is C23H23NO4. The molecule has 0 bridgehead atoms. The number of carbonyl (C=O) groups excluding carboxylic acids is 1. The van der Waals surface area contributed by atoms with Gasteiger partial charge in [0.2, 0.25) is 5.43 Å². The Hall–Kier alpha value is -3.34. The van der Waals surface area contributed by atoms with Crippen LogP contribution in [0.3, 0.4) is 0 Å². The molecule has 3 aromatic rings. The minimum atomic E-state index is -0.330. The van der Waals surface area contributed by atoms with Gasteiger partial charge in [-0.3, -0.25) is 4.79 Å². The smallest absolute Gasteiger partial charge is 0.338 e. The summed E-state index contributed by atoms with van der Waals surface area (Å²) in [5, 5.41) is 0. The second kappa shape index (κ2) is 9.55. The number of nitrogens with zero attached hydrogens (tertiary/aromatic N) is 1. The van der Waals surface area contributed by atoms with Gasteiger partial charge in [-0.05, 0) is 31.0 Å². The highest BCUT2D eigenvalue weighted by molar-refractivity contribution is 5.89. The van der Waals surface area contributed by atoms with Gasteiger partial charge in [-0.15, -0.1) is 0 Å². The molecule has 0 aliphatic heterocycles. The van der Waals surface area contributed by atoms with E-state index in [1.54, 1.807) is 30.5 Å². The molecular weight excluding hydrogens is 354 g/mol. The highest BCUT2D eigenvalue weighted by atomic mass is 16.5. The lowest BCUT2D eigenvalue weighted by atomic mass is 10.2. The number of pyridine rings is 1. The van der Waals surface area contributed by atoms with Crippen molar-refractivity contribution in [1.29, 1.82) is 0 Å². The average Bonchev–Trinajstić information content (AvgIpc) is 2.73. The molecule has 0 spiro atoms. The number of ether oxygens (including phenoxy) is 2. The monoisotopic (exact) mass is 377 g/mol. The number of hydrogen-bond donors (Lipinski definition) is 0. The van der Waals surface area contributed by atoms with E-state index >= 15 is 0 Å². The molecule has 0 amide bonds. The van der Waals surface area contributed by atoms with Crippen LogP contribution < -0.4 is 10.2 Å². The fourth-order valence-electron chi connectivity index (χ4n) is 2.86. The van der Waals surface area contributed by atoms with Gasteiger partial charge < -0.3 is 14.0 Å². The number of hydrogen-bond acceptors (Lipinski definition) is 4. The van der Waals surface area contributed by atoms with Crippen LogP contribution in [0.2, 0.25) is 0 Å². The molecule has 2 aromatic carbocycles. The summed E-state index contributed by atoms with van der Waals surface area (Å²) in [5.41, 5.74) is 2.17. The van der Waals surface area contributed by atoms with Crippen molar-refractivity contribution < 1.29 is 14.3 Å². The first-order valence-corrected chi connectivity index (χ1v) is 9.24. The Morgan fingerprint density at radius 2 is 1.64 bits per heavy atom. The maximum absolute atomic E-state index is 12.2. The van der Waals surface area contributed by atoms with E-state index in [0.717, 1.165) is 11.3 Å². The third-order valence-corrected chi connectivity index (χ3v) is 4.40. The Labute approximate surface area is 164 Å². The lowest BCUT2D eigenvalue weighted by Crippen LogP contribution is -2.16. The van der Waals surface area contributed by atoms with Crippen molar-refractivity contribution in [1.82, 2.24) is 4.57 Å². The number of benzene rings is 2. The van der Waals surface area contributed by atoms with Crippen LogP contribution in [0.25, 0.3) is 0 Å². The summed E-state index contributed by atoms with van der Waals surface area (Å²) in [6.07, 6.45) is 2.38. The lowest BCUT2D eigenvalue weighted by Gasteiger charge is -2.15. The minimum absolute atomic E-state index is 0.139. The molecule has 1 heterocycles. The van der Waals surface area contributed by atoms with Crippen molar-refractivity contribution in [2.45, 2.75) is 26.5 Å². The van der Waals surface area contributed by atoms with Crippen LogP contribution in [-0.4, -0.2) is 17.1 Å². The van der Waals surface area contributed by atoms with E-state index < -0.39 is 0 Å². The van der Waals surface area contributed by atoms with E-state index in [1.807, 2.05) is 47.9 Å². The average molecular weight is 377 g/mol. The molecule has 0 radical (unpaired) electrons. The summed E-state index contributed by atoms with van der Waals surface area (Å²) in [6.45, 7) is 3.13. The zero-order valence-electron chi connectivity index (χ0n) is 15.8. The third-order valence-electron chi connectivity index (χ3n) is 4.40. The van der Waals surface area contributed by atoms with Gasteiger partial charge >= 0.3 is 5.97 Å². The zero-order valence-corrected chi connectivity index (χ0v) is 15.8. The van der Waals surface area contributed by atoms with Crippen molar-refractivity contribution in [3.63, 3.8) is 0 Å². The topological polar surface area (TPSA) is 57.5 Å². The molecule has 0 N–H and O–H groups in total. The summed E-state index contributed by atoms with van der Waals surface area (Å²) in [6, 6.07) is 20.1. The zero-order chi connectivity index (χ0) is 19.8. The molecule has 0 unspecified atom stereocenters. The maximum atomic E-state index is 12.2. The number of carbonyl (C=O) groups is 1. The highest BCUT2D eigenvalue weighted by Gasteiger charge is 2.10. The van der Waals surface area contributed by atoms with Crippen LogP contribution in [0.4, 0.5) is 0 Å². The number of rotatable bonds is 8. The minimum Gasteiger partial charge on any atom is -0.483 e. The van der Waals surface area contributed by atoms with Crippen molar-refractivity contribution in [2.24, 2.45) is 0 Å². The van der Waals surface area contributed by atoms with E-state index in [0.29, 0.717) is 37.5 Å². The molecule has 0 atom stereocenters. The Bertz CT molecular complexity index is 965. The number of aryl methyl sites for hydroxylation is 1. The van der Waals surface area contributed by atoms with Crippen molar-refractivity contribution in [2.75, 3.05) is 6.61 Å². The summed E-state index contributed by atoms with van der Waals surface area (Å²) < 4.78 is 13.0. The number of aromatic nitrogens is 1. The van der Waals surface area contributed by atoms with Gasteiger partial charge in [0, 0.05) is 18.8 Å². The molecule has 144 valence electrons. The second-order valence-corrected chi connectivity index (χ2v) is 6.42. The summed E-state index contributed by atoms with van der Waals surface area (Å²) >= 11 is 0. The Kier molecular flexibility index (Phi) is 6.63. The van der Waals surface area contributed by atoms with Crippen LogP contribution >= 0.6 is 0 Å². The van der Waals surface area contributed by atoms with Crippen LogP contribution in [0, 0.1) is 6.92 Å². The molecule has 28 heavy (non-hydrogen) atoms. The number of esters is 1. The van der Waals surface area contributed by atoms with Crippen LogP contribution in [-0.2, 0) is 17.9 Å². The Balaban J connectivity index is 1.55. The predicted octanol–water partition coefficient (Wildman–Crippen LogP) is 3.98. The van der Waals surface area contributed by atoms with Crippen LogP contribution in [0.5, 0.6) is 5.75 Å². The first-order valence-electron chi connectivity index (χ1n) is 9.24. The van der Waals surface area contributed by atoms with Gasteiger partial charge in [-0.25, -0.2) is 4.79 Å². The van der Waals surface area contributed by atoms with E-state index in [4.69, 9.17) is 9.47 Å². The van der Waals surface area contributed by atoms with Crippen molar-refractivity contribution >= 4 is 5.97 Å². The first kappa shape index (κ1) is 19.4. The quantitative estimate of drug-likeness (QED) is 0.440. The van der Waals surface area contributed by atoms with E-state index in [1.165, 1.54) is 6.07 Å². The fraction of sp³-hybridized carbons (Fsp3) is 0.217. The molecule has 0 saturated heterocycles. The molecule has 0 saturated carbocycles. The van der Waals surface area contributed by atoms with E-state index in [9.17, 15) is 9.59 Å². The summed E-state index contributed by atoms with van der Waals surface area (Å²) in [5.74, 6) is 0.0248.